The maximum Gasteiger partial charge on any atom is 0.232 e. The van der Waals surface area contributed by atoms with Gasteiger partial charge < -0.3 is 10.2 Å². The summed E-state index contributed by atoms with van der Waals surface area (Å²) in [5, 5.41) is 3.65. The standard InChI is InChI=1S/C20H28N4O2S/c1-2-27(25,26)23-19-4-3-5-20(16-19)24-14-9-18(10-15-24)22-13-8-17-6-11-21-12-7-17/h3-7,11-12,16,18,22-23H,2,8-10,13-15H2,1H3. The van der Waals surface area contributed by atoms with E-state index in [4.69, 9.17) is 0 Å². The first-order valence-corrected chi connectivity index (χ1v) is 11.2. The molecule has 0 unspecified atom stereocenters. The van der Waals surface area contributed by atoms with Gasteiger partial charge in [0.25, 0.3) is 0 Å². The first-order valence-electron chi connectivity index (χ1n) is 9.53. The maximum absolute atomic E-state index is 11.8. The quantitative estimate of drug-likeness (QED) is 0.727. The average molecular weight is 389 g/mol. The van der Waals surface area contributed by atoms with Crippen molar-refractivity contribution >= 4 is 21.4 Å². The lowest BCUT2D eigenvalue weighted by atomic mass is 10.0. The highest BCUT2D eigenvalue weighted by atomic mass is 32.2. The zero-order valence-electron chi connectivity index (χ0n) is 15.8. The summed E-state index contributed by atoms with van der Waals surface area (Å²) in [6, 6.07) is 12.3. The summed E-state index contributed by atoms with van der Waals surface area (Å²) in [7, 11) is -3.24. The summed E-state index contributed by atoms with van der Waals surface area (Å²) in [5.74, 6) is 0.0772. The molecule has 2 aromatic rings. The summed E-state index contributed by atoms with van der Waals surface area (Å²) in [6.07, 6.45) is 6.86. The van der Waals surface area contributed by atoms with E-state index in [0.717, 1.165) is 44.6 Å². The van der Waals surface area contributed by atoms with Crippen LogP contribution in [0.25, 0.3) is 0 Å². The third-order valence-corrected chi connectivity index (χ3v) is 6.26. The molecule has 0 radical (unpaired) electrons. The summed E-state index contributed by atoms with van der Waals surface area (Å²) in [4.78, 5) is 6.37. The first kappa shape index (κ1) is 19.6. The molecule has 0 bridgehead atoms. The minimum absolute atomic E-state index is 0.0772. The molecular formula is C20H28N4O2S. The van der Waals surface area contributed by atoms with E-state index in [1.807, 2.05) is 30.6 Å². The fraction of sp³-hybridized carbons (Fsp3) is 0.450. The SMILES string of the molecule is CCS(=O)(=O)Nc1cccc(N2CCC(NCCc3ccncc3)CC2)c1. The Hall–Kier alpha value is -2.12. The number of sulfonamides is 1. The maximum atomic E-state index is 11.8. The summed E-state index contributed by atoms with van der Waals surface area (Å²) in [6.45, 7) is 4.55. The number of rotatable bonds is 8. The number of piperidine rings is 1. The van der Waals surface area contributed by atoms with Gasteiger partial charge in [0.2, 0.25) is 10.0 Å². The zero-order chi connectivity index (χ0) is 19.1. The second-order valence-corrected chi connectivity index (χ2v) is 8.89. The molecule has 1 aromatic carbocycles. The lowest BCUT2D eigenvalue weighted by molar-refractivity contribution is 0.417. The van der Waals surface area contributed by atoms with Crippen LogP contribution < -0.4 is 14.9 Å². The molecule has 1 aliphatic rings. The fourth-order valence-electron chi connectivity index (χ4n) is 3.33. The van der Waals surface area contributed by atoms with E-state index in [2.05, 4.69) is 32.1 Å². The van der Waals surface area contributed by atoms with Crippen molar-refractivity contribution in [3.63, 3.8) is 0 Å². The van der Waals surface area contributed by atoms with Crippen molar-refractivity contribution in [3.8, 4) is 0 Å². The predicted octanol–water partition coefficient (Wildman–Crippen LogP) is 2.64. The van der Waals surface area contributed by atoms with E-state index >= 15 is 0 Å². The van der Waals surface area contributed by atoms with E-state index in [9.17, 15) is 8.42 Å². The highest BCUT2D eigenvalue weighted by Gasteiger charge is 2.19. The van der Waals surface area contributed by atoms with Gasteiger partial charge in [-0.15, -0.1) is 0 Å². The second kappa shape index (κ2) is 9.19. The van der Waals surface area contributed by atoms with Gasteiger partial charge in [0.15, 0.2) is 0 Å². The van der Waals surface area contributed by atoms with Gasteiger partial charge in [-0.05, 0) is 68.6 Å². The van der Waals surface area contributed by atoms with E-state index < -0.39 is 10.0 Å². The van der Waals surface area contributed by atoms with Crippen LogP contribution in [0.15, 0.2) is 48.8 Å². The number of anilines is 2. The molecule has 7 heteroatoms. The molecule has 1 saturated heterocycles. The summed E-state index contributed by atoms with van der Waals surface area (Å²) < 4.78 is 26.2. The molecule has 1 fully saturated rings. The molecule has 0 amide bonds. The lowest BCUT2D eigenvalue weighted by Crippen LogP contribution is -2.43. The van der Waals surface area contributed by atoms with Crippen molar-refractivity contribution in [2.45, 2.75) is 32.2 Å². The molecule has 0 saturated carbocycles. The van der Waals surface area contributed by atoms with Gasteiger partial charge in [-0.3, -0.25) is 9.71 Å². The molecular weight excluding hydrogens is 360 g/mol. The molecule has 1 aromatic heterocycles. The Morgan fingerprint density at radius 3 is 2.59 bits per heavy atom. The number of benzene rings is 1. The second-order valence-electron chi connectivity index (χ2n) is 6.88. The molecule has 0 atom stereocenters. The number of pyridine rings is 1. The van der Waals surface area contributed by atoms with Gasteiger partial charge in [-0.1, -0.05) is 6.07 Å². The first-order chi connectivity index (χ1) is 13.1. The highest BCUT2D eigenvalue weighted by molar-refractivity contribution is 7.92. The monoisotopic (exact) mass is 388 g/mol. The molecule has 6 nitrogen and oxygen atoms in total. The van der Waals surface area contributed by atoms with E-state index in [1.165, 1.54) is 5.56 Å². The van der Waals surface area contributed by atoms with Crippen molar-refractivity contribution in [2.24, 2.45) is 0 Å². The Balaban J connectivity index is 1.47. The Morgan fingerprint density at radius 2 is 1.89 bits per heavy atom. The minimum atomic E-state index is -3.24. The zero-order valence-corrected chi connectivity index (χ0v) is 16.6. The van der Waals surface area contributed by atoms with Crippen LogP contribution in [-0.2, 0) is 16.4 Å². The molecule has 2 N–H and O–H groups in total. The molecule has 1 aliphatic heterocycles. The van der Waals surface area contributed by atoms with Crippen LogP contribution in [0, 0.1) is 0 Å². The number of nitrogens with one attached hydrogen (secondary N) is 2. The van der Waals surface area contributed by atoms with Gasteiger partial charge >= 0.3 is 0 Å². The third kappa shape index (κ3) is 5.94. The minimum Gasteiger partial charge on any atom is -0.371 e. The van der Waals surface area contributed by atoms with Crippen LogP contribution in [0.3, 0.4) is 0 Å². The van der Waals surface area contributed by atoms with Crippen LogP contribution in [0.5, 0.6) is 0 Å². The molecule has 0 aliphatic carbocycles. The predicted molar refractivity (Wildman–Crippen MR) is 111 cm³/mol. The van der Waals surface area contributed by atoms with Crippen LogP contribution >= 0.6 is 0 Å². The Morgan fingerprint density at radius 1 is 1.15 bits per heavy atom. The van der Waals surface area contributed by atoms with E-state index in [0.29, 0.717) is 11.7 Å². The van der Waals surface area contributed by atoms with E-state index in [-0.39, 0.29) is 5.75 Å². The van der Waals surface area contributed by atoms with Crippen molar-refractivity contribution < 1.29 is 8.42 Å². The van der Waals surface area contributed by atoms with Crippen molar-refractivity contribution in [2.75, 3.05) is 35.0 Å². The highest BCUT2D eigenvalue weighted by Crippen LogP contribution is 2.24. The van der Waals surface area contributed by atoms with Gasteiger partial charge in [0, 0.05) is 37.2 Å². The number of hydrogen-bond acceptors (Lipinski definition) is 5. The number of nitrogens with zero attached hydrogens (tertiary/aromatic N) is 2. The van der Waals surface area contributed by atoms with Crippen LogP contribution in [0.4, 0.5) is 11.4 Å². The molecule has 146 valence electrons. The van der Waals surface area contributed by atoms with Crippen LogP contribution in [0.2, 0.25) is 0 Å². The molecule has 0 spiro atoms. The van der Waals surface area contributed by atoms with Gasteiger partial charge in [-0.2, -0.15) is 0 Å². The van der Waals surface area contributed by atoms with Crippen LogP contribution in [-0.4, -0.2) is 44.8 Å². The Kier molecular flexibility index (Phi) is 6.68. The summed E-state index contributed by atoms with van der Waals surface area (Å²) >= 11 is 0. The van der Waals surface area contributed by atoms with Gasteiger partial charge in [-0.25, -0.2) is 8.42 Å². The number of hydrogen-bond donors (Lipinski definition) is 2. The third-order valence-electron chi connectivity index (χ3n) is 4.96. The Labute approximate surface area is 162 Å². The smallest absolute Gasteiger partial charge is 0.232 e. The van der Waals surface area contributed by atoms with Gasteiger partial charge in [0.1, 0.15) is 0 Å². The topological polar surface area (TPSA) is 74.3 Å². The van der Waals surface area contributed by atoms with Crippen LogP contribution in [0.1, 0.15) is 25.3 Å². The largest absolute Gasteiger partial charge is 0.371 e. The normalized spacial score (nSPS) is 15.7. The van der Waals surface area contributed by atoms with Crippen molar-refractivity contribution in [3.05, 3.63) is 54.4 Å². The molecule has 3 rings (SSSR count). The fourth-order valence-corrected chi connectivity index (χ4v) is 3.96. The summed E-state index contributed by atoms with van der Waals surface area (Å²) in [5.41, 5.74) is 3.01. The average Bonchev–Trinajstić information content (AvgIpc) is 2.69. The lowest BCUT2D eigenvalue weighted by Gasteiger charge is -2.34. The Bertz CT molecular complexity index is 819. The van der Waals surface area contributed by atoms with Gasteiger partial charge in [0.05, 0.1) is 11.4 Å². The molecule has 2 heterocycles. The van der Waals surface area contributed by atoms with E-state index in [1.54, 1.807) is 13.0 Å². The van der Waals surface area contributed by atoms with Crippen molar-refractivity contribution in [1.82, 2.24) is 10.3 Å². The molecule has 27 heavy (non-hydrogen) atoms. The van der Waals surface area contributed by atoms with Crippen molar-refractivity contribution in [1.29, 1.82) is 0 Å². The number of aromatic nitrogens is 1.